The van der Waals surface area contributed by atoms with Crippen molar-refractivity contribution in [1.82, 2.24) is 20.2 Å². The Morgan fingerprint density at radius 2 is 1.88 bits per heavy atom. The molecule has 0 fully saturated rings. The number of rotatable bonds is 3. The minimum Gasteiger partial charge on any atom is -0.396 e. The molecule has 1 aromatic carbocycles. The van der Waals surface area contributed by atoms with Crippen LogP contribution in [0.15, 0.2) is 43.8 Å². The summed E-state index contributed by atoms with van der Waals surface area (Å²) in [5, 5.41) is 20.0. The van der Waals surface area contributed by atoms with E-state index >= 15 is 0 Å². The van der Waals surface area contributed by atoms with Crippen LogP contribution in [0, 0.1) is 0 Å². The Labute approximate surface area is 94.0 Å². The second-order valence-corrected chi connectivity index (χ2v) is 2.87. The smallest absolute Gasteiger partial charge is 0.162 e. The first-order valence-electron chi connectivity index (χ1n) is 4.83. The highest BCUT2D eigenvalue weighted by molar-refractivity contribution is 5.32. The molecule has 2 rings (SSSR count). The van der Waals surface area contributed by atoms with Crippen LogP contribution in [0.5, 0.6) is 0 Å². The quantitative estimate of drug-likeness (QED) is 0.780. The highest BCUT2D eigenvalue weighted by Gasteiger charge is 1.97. The molecule has 0 saturated carbocycles. The summed E-state index contributed by atoms with van der Waals surface area (Å²) in [6.45, 7) is 6.17. The number of tetrazole rings is 1. The van der Waals surface area contributed by atoms with Crippen molar-refractivity contribution in [3.8, 4) is 5.69 Å². The standard InChI is InChI=1S/C9H10N4O.C2H4/c14-6-5-8-1-3-9(4-2-8)13-11-7-10-12-13;1-2/h1-4,7,14H,5-6H2;1-2H2. The Hall–Kier alpha value is -2.01. The molecule has 5 heteroatoms. The third-order valence-corrected chi connectivity index (χ3v) is 1.92. The van der Waals surface area contributed by atoms with E-state index in [1.54, 1.807) is 0 Å². The van der Waals surface area contributed by atoms with Gasteiger partial charge in [0.05, 0.1) is 5.69 Å². The first-order chi connectivity index (χ1) is 7.90. The Bertz CT molecular complexity index is 396. The van der Waals surface area contributed by atoms with E-state index in [1.165, 1.54) is 11.1 Å². The van der Waals surface area contributed by atoms with E-state index in [9.17, 15) is 0 Å². The first-order valence-corrected chi connectivity index (χ1v) is 4.83. The van der Waals surface area contributed by atoms with Crippen LogP contribution in [-0.2, 0) is 6.42 Å². The zero-order valence-electron chi connectivity index (χ0n) is 8.95. The summed E-state index contributed by atoms with van der Waals surface area (Å²) in [6.07, 6.45) is 2.06. The van der Waals surface area contributed by atoms with Gasteiger partial charge in [-0.05, 0) is 29.3 Å². The van der Waals surface area contributed by atoms with Crippen molar-refractivity contribution in [2.75, 3.05) is 6.61 Å². The lowest BCUT2D eigenvalue weighted by Crippen LogP contribution is -1.99. The molecule has 0 unspecified atom stereocenters. The first kappa shape index (κ1) is 12.1. The van der Waals surface area contributed by atoms with Gasteiger partial charge >= 0.3 is 0 Å². The van der Waals surface area contributed by atoms with Gasteiger partial charge in [0.15, 0.2) is 6.33 Å². The Morgan fingerprint density at radius 3 is 2.38 bits per heavy atom. The molecule has 84 valence electrons. The van der Waals surface area contributed by atoms with Gasteiger partial charge in [-0.3, -0.25) is 0 Å². The molecule has 16 heavy (non-hydrogen) atoms. The van der Waals surface area contributed by atoms with Gasteiger partial charge in [-0.1, -0.05) is 12.1 Å². The monoisotopic (exact) mass is 218 g/mol. The van der Waals surface area contributed by atoms with E-state index in [-0.39, 0.29) is 6.61 Å². The molecule has 0 bridgehead atoms. The Morgan fingerprint density at radius 1 is 1.19 bits per heavy atom. The molecular weight excluding hydrogens is 204 g/mol. The summed E-state index contributed by atoms with van der Waals surface area (Å²) in [6, 6.07) is 7.67. The van der Waals surface area contributed by atoms with Crippen LogP contribution in [0.2, 0.25) is 0 Å². The molecule has 1 heterocycles. The van der Waals surface area contributed by atoms with Crippen LogP contribution in [-0.4, -0.2) is 31.9 Å². The van der Waals surface area contributed by atoms with Gasteiger partial charge in [0, 0.05) is 6.61 Å². The molecular formula is C11H14N4O. The van der Waals surface area contributed by atoms with Crippen molar-refractivity contribution in [2.45, 2.75) is 6.42 Å². The minimum atomic E-state index is 0.168. The number of aromatic nitrogens is 4. The summed E-state index contributed by atoms with van der Waals surface area (Å²) < 4.78 is 0. The van der Waals surface area contributed by atoms with Gasteiger partial charge in [0.25, 0.3) is 0 Å². The molecule has 0 atom stereocenters. The number of nitrogens with zero attached hydrogens (tertiary/aromatic N) is 4. The van der Waals surface area contributed by atoms with Gasteiger partial charge in [-0.25, -0.2) is 0 Å². The maximum absolute atomic E-state index is 8.73. The number of hydrogen-bond acceptors (Lipinski definition) is 4. The lowest BCUT2D eigenvalue weighted by Gasteiger charge is -2.00. The largest absolute Gasteiger partial charge is 0.396 e. The second-order valence-electron chi connectivity index (χ2n) is 2.87. The van der Waals surface area contributed by atoms with Crippen molar-refractivity contribution in [2.24, 2.45) is 0 Å². The van der Waals surface area contributed by atoms with Crippen molar-refractivity contribution in [3.63, 3.8) is 0 Å². The molecule has 0 spiro atoms. The molecule has 1 aromatic heterocycles. The van der Waals surface area contributed by atoms with E-state index in [0.717, 1.165) is 11.3 Å². The Balaban J connectivity index is 0.000000606. The molecule has 1 N–H and O–H groups in total. The van der Waals surface area contributed by atoms with Crippen LogP contribution in [0.25, 0.3) is 5.69 Å². The highest BCUT2D eigenvalue weighted by atomic mass is 16.2. The molecule has 0 aliphatic carbocycles. The van der Waals surface area contributed by atoms with E-state index in [4.69, 9.17) is 5.11 Å². The molecule has 0 radical (unpaired) electrons. The highest BCUT2D eigenvalue weighted by Crippen LogP contribution is 2.07. The number of benzene rings is 1. The fourth-order valence-corrected chi connectivity index (χ4v) is 1.21. The molecule has 2 aromatic rings. The Kier molecular flexibility index (Phi) is 4.88. The average Bonchev–Trinajstić information content (AvgIpc) is 2.87. The lowest BCUT2D eigenvalue weighted by molar-refractivity contribution is 0.299. The molecule has 5 nitrogen and oxygen atoms in total. The van der Waals surface area contributed by atoms with Crippen molar-refractivity contribution in [3.05, 3.63) is 49.3 Å². The van der Waals surface area contributed by atoms with Gasteiger partial charge < -0.3 is 5.11 Å². The molecule has 0 aliphatic rings. The van der Waals surface area contributed by atoms with Crippen molar-refractivity contribution >= 4 is 0 Å². The number of hydrogen-bond donors (Lipinski definition) is 1. The summed E-state index contributed by atoms with van der Waals surface area (Å²) in [7, 11) is 0. The number of aliphatic hydroxyl groups is 1. The van der Waals surface area contributed by atoms with E-state index < -0.39 is 0 Å². The predicted molar refractivity (Wildman–Crippen MR) is 61.2 cm³/mol. The zero-order chi connectivity index (χ0) is 11.8. The summed E-state index contributed by atoms with van der Waals surface area (Å²) in [4.78, 5) is 1.45. The van der Waals surface area contributed by atoms with Crippen LogP contribution >= 0.6 is 0 Å². The van der Waals surface area contributed by atoms with Crippen LogP contribution in [0.1, 0.15) is 5.56 Å². The minimum absolute atomic E-state index is 0.168. The normalized spacial score (nSPS) is 9.31. The van der Waals surface area contributed by atoms with E-state index in [2.05, 4.69) is 28.6 Å². The van der Waals surface area contributed by atoms with Crippen LogP contribution in [0.3, 0.4) is 0 Å². The topological polar surface area (TPSA) is 63.8 Å². The van der Waals surface area contributed by atoms with Crippen molar-refractivity contribution < 1.29 is 5.11 Å². The fourth-order valence-electron chi connectivity index (χ4n) is 1.21. The summed E-state index contributed by atoms with van der Waals surface area (Å²) in [5.74, 6) is 0. The summed E-state index contributed by atoms with van der Waals surface area (Å²) >= 11 is 0. The zero-order valence-corrected chi connectivity index (χ0v) is 8.95. The van der Waals surface area contributed by atoms with Crippen LogP contribution in [0.4, 0.5) is 0 Å². The number of aliphatic hydroxyl groups excluding tert-OH is 1. The van der Waals surface area contributed by atoms with Crippen LogP contribution < -0.4 is 0 Å². The maximum Gasteiger partial charge on any atom is 0.162 e. The lowest BCUT2D eigenvalue weighted by atomic mass is 10.1. The second kappa shape index (κ2) is 6.47. The molecule has 0 aliphatic heterocycles. The van der Waals surface area contributed by atoms with Gasteiger partial charge in [-0.2, -0.15) is 0 Å². The van der Waals surface area contributed by atoms with E-state index in [0.29, 0.717) is 6.42 Å². The fraction of sp³-hybridized carbons (Fsp3) is 0.182. The van der Waals surface area contributed by atoms with Crippen molar-refractivity contribution in [1.29, 1.82) is 0 Å². The average molecular weight is 218 g/mol. The maximum atomic E-state index is 8.73. The third kappa shape index (κ3) is 2.99. The van der Waals surface area contributed by atoms with Gasteiger partial charge in [-0.15, -0.1) is 28.2 Å². The predicted octanol–water partition coefficient (Wildman–Crippen LogP) is 0.999. The SMILES string of the molecule is C=C.OCCc1ccc(-n2ncnn2)cc1. The van der Waals surface area contributed by atoms with Gasteiger partial charge in [0.2, 0.25) is 0 Å². The van der Waals surface area contributed by atoms with E-state index in [1.807, 2.05) is 24.3 Å². The summed E-state index contributed by atoms with van der Waals surface area (Å²) in [5.41, 5.74) is 1.96. The molecule has 0 saturated heterocycles. The third-order valence-electron chi connectivity index (χ3n) is 1.92. The van der Waals surface area contributed by atoms with Gasteiger partial charge in [0.1, 0.15) is 0 Å². The molecule has 0 amide bonds.